The largest absolute Gasteiger partial charge is 0.307 e. The summed E-state index contributed by atoms with van der Waals surface area (Å²) in [7, 11) is 0. The molecule has 0 atom stereocenters. The molecule has 2 heterocycles. The molecule has 4 nitrogen and oxygen atoms in total. The monoisotopic (exact) mass is 349 g/mol. The number of anilines is 1. The molecule has 0 aliphatic carbocycles. The van der Waals surface area contributed by atoms with Crippen LogP contribution in [0.25, 0.3) is 0 Å². The highest BCUT2D eigenvalue weighted by Gasteiger charge is 2.25. The molecule has 0 fully saturated rings. The van der Waals surface area contributed by atoms with Gasteiger partial charge in [-0.15, -0.1) is 0 Å². The highest BCUT2D eigenvalue weighted by molar-refractivity contribution is 6.05. The summed E-state index contributed by atoms with van der Waals surface area (Å²) in [6.45, 7) is 1.32. The molecule has 0 saturated heterocycles. The number of amides is 1. The summed E-state index contributed by atoms with van der Waals surface area (Å²) in [5, 5.41) is 4.63. The van der Waals surface area contributed by atoms with Gasteiger partial charge < -0.3 is 4.90 Å². The van der Waals surface area contributed by atoms with E-state index in [2.05, 4.69) is 17.2 Å². The number of aryl methyl sites for hydroxylation is 3. The average molecular weight is 349 g/mol. The summed E-state index contributed by atoms with van der Waals surface area (Å²) in [6, 6.07) is 18.2. The van der Waals surface area contributed by atoms with E-state index in [-0.39, 0.29) is 11.7 Å². The summed E-state index contributed by atoms with van der Waals surface area (Å²) in [6.07, 6.45) is 2.51. The zero-order valence-electron chi connectivity index (χ0n) is 14.4. The van der Waals surface area contributed by atoms with Crippen molar-refractivity contribution in [2.45, 2.75) is 25.8 Å². The minimum absolute atomic E-state index is 0.0763. The number of carbonyl (C=O) groups is 1. The zero-order chi connectivity index (χ0) is 17.9. The van der Waals surface area contributed by atoms with E-state index in [4.69, 9.17) is 0 Å². The van der Waals surface area contributed by atoms with E-state index in [1.165, 1.54) is 17.7 Å². The van der Waals surface area contributed by atoms with Crippen LogP contribution < -0.4 is 4.90 Å². The molecule has 0 unspecified atom stereocenters. The Bertz CT molecular complexity index is 903. The lowest BCUT2D eigenvalue weighted by Gasteiger charge is -2.20. The lowest BCUT2D eigenvalue weighted by atomic mass is 10.1. The molecule has 0 spiro atoms. The fraction of sp³-hybridized carbons (Fsp3) is 0.238. The van der Waals surface area contributed by atoms with E-state index in [0.717, 1.165) is 30.6 Å². The topological polar surface area (TPSA) is 38.1 Å². The number of halogens is 1. The van der Waals surface area contributed by atoms with Crippen LogP contribution in [0, 0.1) is 5.82 Å². The van der Waals surface area contributed by atoms with Crippen LogP contribution in [-0.2, 0) is 19.4 Å². The second-order valence-electron chi connectivity index (χ2n) is 6.52. The quantitative estimate of drug-likeness (QED) is 0.717. The third-order valence-corrected chi connectivity index (χ3v) is 4.70. The summed E-state index contributed by atoms with van der Waals surface area (Å²) < 4.78 is 15.0. The minimum atomic E-state index is -0.302. The van der Waals surface area contributed by atoms with Gasteiger partial charge in [-0.25, -0.2) is 4.39 Å². The molecule has 1 amide bonds. The molecule has 1 aliphatic heterocycles. The second kappa shape index (κ2) is 7.12. The van der Waals surface area contributed by atoms with Crippen molar-refractivity contribution in [2.75, 3.05) is 11.4 Å². The van der Waals surface area contributed by atoms with Crippen molar-refractivity contribution in [1.29, 1.82) is 0 Å². The van der Waals surface area contributed by atoms with Crippen molar-refractivity contribution in [3.63, 3.8) is 0 Å². The molecule has 1 aliphatic rings. The van der Waals surface area contributed by atoms with Crippen molar-refractivity contribution in [3.8, 4) is 0 Å². The Labute approximate surface area is 151 Å². The molecule has 4 rings (SSSR count). The molecule has 0 saturated carbocycles. The van der Waals surface area contributed by atoms with E-state index in [0.29, 0.717) is 18.8 Å². The van der Waals surface area contributed by atoms with Gasteiger partial charge in [0, 0.05) is 18.8 Å². The maximum Gasteiger partial charge on any atom is 0.276 e. The SMILES string of the molecule is O=C1c2cc(CCc3ccccc3)nn2CCCN1c1ccc(F)cc1. The Morgan fingerprint density at radius 1 is 0.962 bits per heavy atom. The number of aromatic nitrogens is 2. The summed E-state index contributed by atoms with van der Waals surface area (Å²) in [4.78, 5) is 14.7. The molecule has 132 valence electrons. The highest BCUT2D eigenvalue weighted by atomic mass is 19.1. The van der Waals surface area contributed by atoms with E-state index < -0.39 is 0 Å². The number of hydrogen-bond donors (Lipinski definition) is 0. The first-order valence-electron chi connectivity index (χ1n) is 8.89. The summed E-state index contributed by atoms with van der Waals surface area (Å²) in [5.41, 5.74) is 3.51. The van der Waals surface area contributed by atoms with Crippen LogP contribution in [0.5, 0.6) is 0 Å². The van der Waals surface area contributed by atoms with Crippen LogP contribution in [0.4, 0.5) is 10.1 Å². The Morgan fingerprint density at radius 3 is 2.50 bits per heavy atom. The van der Waals surface area contributed by atoms with Crippen molar-refractivity contribution in [1.82, 2.24) is 9.78 Å². The fourth-order valence-corrected chi connectivity index (χ4v) is 3.34. The molecule has 2 aromatic carbocycles. The molecule has 0 N–H and O–H groups in total. The van der Waals surface area contributed by atoms with Crippen molar-refractivity contribution in [3.05, 3.63) is 83.4 Å². The first-order valence-corrected chi connectivity index (χ1v) is 8.89. The van der Waals surface area contributed by atoms with Gasteiger partial charge in [-0.1, -0.05) is 30.3 Å². The predicted octanol–water partition coefficient (Wildman–Crippen LogP) is 3.86. The van der Waals surface area contributed by atoms with Gasteiger partial charge in [0.15, 0.2) is 0 Å². The van der Waals surface area contributed by atoms with E-state index in [1.54, 1.807) is 17.0 Å². The van der Waals surface area contributed by atoms with Crippen molar-refractivity contribution < 1.29 is 9.18 Å². The molecule has 5 heteroatoms. The minimum Gasteiger partial charge on any atom is -0.307 e. The number of carbonyl (C=O) groups excluding carboxylic acids is 1. The average Bonchev–Trinajstić information content (AvgIpc) is 3.01. The smallest absolute Gasteiger partial charge is 0.276 e. The maximum absolute atomic E-state index is 13.2. The number of benzene rings is 2. The predicted molar refractivity (Wildman–Crippen MR) is 98.8 cm³/mol. The van der Waals surface area contributed by atoms with Gasteiger partial charge in [-0.05, 0) is 55.2 Å². The Hall–Kier alpha value is -2.95. The van der Waals surface area contributed by atoms with Gasteiger partial charge in [-0.3, -0.25) is 9.48 Å². The van der Waals surface area contributed by atoms with Gasteiger partial charge >= 0.3 is 0 Å². The van der Waals surface area contributed by atoms with E-state index >= 15 is 0 Å². The number of hydrogen-bond acceptors (Lipinski definition) is 2. The first kappa shape index (κ1) is 16.5. The van der Waals surface area contributed by atoms with E-state index in [9.17, 15) is 9.18 Å². The third kappa shape index (κ3) is 3.38. The zero-order valence-corrected chi connectivity index (χ0v) is 14.4. The summed E-state index contributed by atoms with van der Waals surface area (Å²) in [5.74, 6) is -0.378. The lowest BCUT2D eigenvalue weighted by molar-refractivity contribution is 0.0982. The van der Waals surface area contributed by atoms with Crippen LogP contribution in [0.1, 0.15) is 28.2 Å². The first-order chi connectivity index (χ1) is 12.7. The van der Waals surface area contributed by atoms with Crippen molar-refractivity contribution >= 4 is 11.6 Å². The van der Waals surface area contributed by atoms with Crippen LogP contribution in [0.3, 0.4) is 0 Å². The normalized spacial score (nSPS) is 14.2. The number of fused-ring (bicyclic) bond motifs is 1. The maximum atomic E-state index is 13.2. The van der Waals surface area contributed by atoms with E-state index in [1.807, 2.05) is 28.9 Å². The molecular weight excluding hydrogens is 329 g/mol. The number of rotatable bonds is 4. The lowest BCUT2D eigenvalue weighted by Crippen LogP contribution is -2.30. The molecule has 1 aromatic heterocycles. The second-order valence-corrected chi connectivity index (χ2v) is 6.52. The van der Waals surface area contributed by atoms with Crippen LogP contribution in [0.2, 0.25) is 0 Å². The van der Waals surface area contributed by atoms with Gasteiger partial charge in [-0.2, -0.15) is 5.10 Å². The van der Waals surface area contributed by atoms with Crippen LogP contribution >= 0.6 is 0 Å². The third-order valence-electron chi connectivity index (χ3n) is 4.70. The molecule has 26 heavy (non-hydrogen) atoms. The molecular formula is C21H20FN3O. The molecule has 0 radical (unpaired) electrons. The van der Waals surface area contributed by atoms with Gasteiger partial charge in [0.1, 0.15) is 11.5 Å². The molecule has 3 aromatic rings. The Balaban J connectivity index is 1.54. The summed E-state index contributed by atoms with van der Waals surface area (Å²) >= 11 is 0. The fourth-order valence-electron chi connectivity index (χ4n) is 3.34. The standard InChI is InChI=1S/C21H20FN3O/c22-17-8-11-19(12-9-17)24-13-4-14-25-20(21(24)26)15-18(23-25)10-7-16-5-2-1-3-6-16/h1-3,5-6,8-9,11-12,15H,4,7,10,13-14H2. The van der Waals surface area contributed by atoms with Crippen molar-refractivity contribution in [2.24, 2.45) is 0 Å². The van der Waals surface area contributed by atoms with Crippen LogP contribution in [-0.4, -0.2) is 22.2 Å². The van der Waals surface area contributed by atoms with Gasteiger partial charge in [0.25, 0.3) is 5.91 Å². The van der Waals surface area contributed by atoms with Crippen LogP contribution in [0.15, 0.2) is 60.7 Å². The Kier molecular flexibility index (Phi) is 4.52. The highest BCUT2D eigenvalue weighted by Crippen LogP contribution is 2.22. The number of nitrogens with zero attached hydrogens (tertiary/aromatic N) is 3. The molecule has 0 bridgehead atoms. The Morgan fingerprint density at radius 2 is 1.73 bits per heavy atom. The van der Waals surface area contributed by atoms with Gasteiger partial charge in [0.2, 0.25) is 0 Å². The van der Waals surface area contributed by atoms with Gasteiger partial charge in [0.05, 0.1) is 5.69 Å².